The van der Waals surface area contributed by atoms with Gasteiger partial charge >= 0.3 is 0 Å². The number of pyridine rings is 1. The zero-order valence-corrected chi connectivity index (χ0v) is 31.2. The van der Waals surface area contributed by atoms with Crippen LogP contribution < -0.4 is 9.80 Å². The predicted octanol–water partition coefficient (Wildman–Crippen LogP) is 13.9. The van der Waals surface area contributed by atoms with Crippen LogP contribution in [0, 0.1) is 0 Å². The largest absolute Gasteiger partial charge is 0.319 e. The maximum Gasteiger partial charge on any atom is 0.133 e. The summed E-state index contributed by atoms with van der Waals surface area (Å²) in [5, 5.41) is 2.59. The van der Waals surface area contributed by atoms with Crippen LogP contribution >= 0.6 is 11.3 Å². The fraction of sp³-hybridized carbons (Fsp3) is 0.100. The lowest BCUT2D eigenvalue weighted by Gasteiger charge is -2.31. The molecule has 260 valence electrons. The maximum atomic E-state index is 4.71. The van der Waals surface area contributed by atoms with Gasteiger partial charge < -0.3 is 9.80 Å². The van der Waals surface area contributed by atoms with E-state index in [-0.39, 0.29) is 11.5 Å². The van der Waals surface area contributed by atoms with Crippen molar-refractivity contribution in [2.45, 2.75) is 31.7 Å². The van der Waals surface area contributed by atoms with Gasteiger partial charge in [-0.25, -0.2) is 4.98 Å². The van der Waals surface area contributed by atoms with E-state index in [2.05, 4.69) is 194 Å². The molecule has 6 aromatic carbocycles. The number of fused-ring (bicyclic) bond motifs is 6. The van der Waals surface area contributed by atoms with Crippen molar-refractivity contribution < 1.29 is 0 Å². The van der Waals surface area contributed by atoms with Gasteiger partial charge in [-0.2, -0.15) is 0 Å². The Morgan fingerprint density at radius 2 is 1.26 bits per heavy atom. The minimum Gasteiger partial charge on any atom is -0.319 e. The third-order valence-corrected chi connectivity index (χ3v) is 12.3. The second-order valence-electron chi connectivity index (χ2n) is 14.8. The van der Waals surface area contributed by atoms with Crippen LogP contribution in [0.4, 0.5) is 28.6 Å². The molecule has 0 fully saturated rings. The standard InChI is InChI=1S/C50H39N3S/c1-50(2)45-18-10-9-17-41(45)44-32-39(26-29-46(44)50)52(36-13-5-3-6-14-36)40-25-28-43-42-27-22-35(31-47(42)54-48(43)33-40)34-20-23-38(24-21-34)53(37-15-7-4-8-16-37)49-19-11-12-30-51-49/h3-15,17-33,37H,16H2,1-2H3. The van der Waals surface area contributed by atoms with Crippen LogP contribution in [-0.4, -0.2) is 11.0 Å². The molecule has 3 nitrogen and oxygen atoms in total. The lowest BCUT2D eigenvalue weighted by molar-refractivity contribution is 0.660. The van der Waals surface area contributed by atoms with Crippen LogP contribution in [0.2, 0.25) is 0 Å². The number of anilines is 5. The van der Waals surface area contributed by atoms with E-state index in [9.17, 15) is 0 Å². The highest BCUT2D eigenvalue weighted by molar-refractivity contribution is 7.25. The van der Waals surface area contributed by atoms with Gasteiger partial charge in [0.15, 0.2) is 0 Å². The molecule has 2 heterocycles. The Balaban J connectivity index is 1.01. The third kappa shape index (κ3) is 5.45. The fourth-order valence-electron chi connectivity index (χ4n) is 8.52. The first kappa shape index (κ1) is 32.4. The molecule has 0 bridgehead atoms. The van der Waals surface area contributed by atoms with Crippen LogP contribution in [0.15, 0.2) is 182 Å². The van der Waals surface area contributed by atoms with E-state index in [0.29, 0.717) is 0 Å². The lowest BCUT2D eigenvalue weighted by Crippen LogP contribution is -2.30. The van der Waals surface area contributed by atoms with Gasteiger partial charge in [0.25, 0.3) is 0 Å². The summed E-state index contributed by atoms with van der Waals surface area (Å²) in [6.07, 6.45) is 11.6. The molecule has 8 aromatic rings. The molecule has 1 atom stereocenters. The number of rotatable bonds is 7. The molecule has 0 saturated carbocycles. The Morgan fingerprint density at radius 3 is 2.06 bits per heavy atom. The first-order valence-electron chi connectivity index (χ1n) is 18.7. The summed E-state index contributed by atoms with van der Waals surface area (Å²) in [4.78, 5) is 9.44. The van der Waals surface area contributed by atoms with Crippen molar-refractivity contribution in [2.24, 2.45) is 0 Å². The lowest BCUT2D eigenvalue weighted by atomic mass is 9.82. The number of hydrogen-bond donors (Lipinski definition) is 0. The average molecular weight is 714 g/mol. The molecule has 0 amide bonds. The first-order valence-corrected chi connectivity index (χ1v) is 19.5. The number of aromatic nitrogens is 1. The molecule has 0 radical (unpaired) electrons. The van der Waals surface area contributed by atoms with E-state index in [4.69, 9.17) is 4.98 Å². The highest BCUT2D eigenvalue weighted by Crippen LogP contribution is 2.51. The zero-order valence-electron chi connectivity index (χ0n) is 30.4. The Morgan fingerprint density at radius 1 is 0.574 bits per heavy atom. The molecule has 1 unspecified atom stereocenters. The smallest absolute Gasteiger partial charge is 0.133 e. The van der Waals surface area contributed by atoms with Gasteiger partial charge in [-0.15, -0.1) is 11.3 Å². The van der Waals surface area contributed by atoms with Crippen molar-refractivity contribution in [3.8, 4) is 22.3 Å². The summed E-state index contributed by atoms with van der Waals surface area (Å²) < 4.78 is 2.57. The second-order valence-corrected chi connectivity index (χ2v) is 15.9. The van der Waals surface area contributed by atoms with Crippen LogP contribution in [0.25, 0.3) is 42.4 Å². The SMILES string of the molecule is CC1(C)c2ccccc2-c2cc(N(c3ccccc3)c3ccc4c(c3)sc3cc(-c5ccc(N(c6ccccn6)C6C=CC=CC6)cc5)ccc34)ccc21. The summed E-state index contributed by atoms with van der Waals surface area (Å²) in [6.45, 7) is 4.68. The molecule has 0 saturated heterocycles. The summed E-state index contributed by atoms with van der Waals surface area (Å²) in [7, 11) is 0. The highest BCUT2D eigenvalue weighted by atomic mass is 32.1. The monoisotopic (exact) mass is 713 g/mol. The number of hydrogen-bond acceptors (Lipinski definition) is 4. The molecule has 0 spiro atoms. The first-order chi connectivity index (χ1) is 26.5. The zero-order chi connectivity index (χ0) is 36.2. The number of benzene rings is 6. The molecule has 54 heavy (non-hydrogen) atoms. The third-order valence-electron chi connectivity index (χ3n) is 11.2. The van der Waals surface area contributed by atoms with Crippen LogP contribution in [0.5, 0.6) is 0 Å². The normalized spacial score (nSPS) is 15.3. The predicted molar refractivity (Wildman–Crippen MR) is 230 cm³/mol. The fourth-order valence-corrected chi connectivity index (χ4v) is 9.70. The minimum absolute atomic E-state index is 0.0245. The van der Waals surface area contributed by atoms with Crippen molar-refractivity contribution >= 4 is 60.1 Å². The molecular formula is C50H39N3S. The van der Waals surface area contributed by atoms with Crippen molar-refractivity contribution in [1.29, 1.82) is 0 Å². The minimum atomic E-state index is -0.0245. The van der Waals surface area contributed by atoms with Gasteiger partial charge in [0, 0.05) is 54.5 Å². The summed E-state index contributed by atoms with van der Waals surface area (Å²) >= 11 is 1.87. The maximum absolute atomic E-state index is 4.71. The highest BCUT2D eigenvalue weighted by Gasteiger charge is 2.35. The van der Waals surface area contributed by atoms with Crippen LogP contribution in [0.3, 0.4) is 0 Å². The Kier molecular flexibility index (Phi) is 7.81. The number of allylic oxidation sites excluding steroid dienone is 2. The van der Waals surface area contributed by atoms with Crippen molar-refractivity contribution in [3.63, 3.8) is 0 Å². The van der Waals surface area contributed by atoms with Gasteiger partial charge in [0.1, 0.15) is 5.82 Å². The van der Waals surface area contributed by atoms with E-state index in [1.165, 1.54) is 53.6 Å². The van der Waals surface area contributed by atoms with Crippen molar-refractivity contribution in [3.05, 3.63) is 193 Å². The van der Waals surface area contributed by atoms with Crippen LogP contribution in [-0.2, 0) is 5.41 Å². The molecule has 0 aliphatic heterocycles. The molecular weight excluding hydrogens is 675 g/mol. The Labute approximate surface area is 320 Å². The van der Waals surface area contributed by atoms with E-state index < -0.39 is 0 Å². The molecule has 2 aromatic heterocycles. The second kappa shape index (κ2) is 13.0. The topological polar surface area (TPSA) is 19.4 Å². The van der Waals surface area contributed by atoms with Crippen LogP contribution in [0.1, 0.15) is 31.4 Å². The van der Waals surface area contributed by atoms with Crippen molar-refractivity contribution in [2.75, 3.05) is 9.80 Å². The molecule has 0 N–H and O–H groups in total. The Bertz CT molecular complexity index is 2720. The Hall–Kier alpha value is -6.23. The van der Waals surface area contributed by atoms with E-state index >= 15 is 0 Å². The summed E-state index contributed by atoms with van der Waals surface area (Å²) in [6, 6.07) is 55.8. The molecule has 4 heteroatoms. The van der Waals surface area contributed by atoms with Gasteiger partial charge in [-0.05, 0) is 107 Å². The molecule has 2 aliphatic carbocycles. The van der Waals surface area contributed by atoms with Gasteiger partial charge in [0.05, 0.1) is 6.04 Å². The van der Waals surface area contributed by atoms with Gasteiger partial charge in [-0.1, -0.05) is 123 Å². The number of para-hydroxylation sites is 1. The number of thiophene rings is 1. The quantitative estimate of drug-likeness (QED) is 0.164. The van der Waals surface area contributed by atoms with E-state index in [1.54, 1.807) is 0 Å². The number of nitrogens with zero attached hydrogens (tertiary/aromatic N) is 3. The molecule has 10 rings (SSSR count). The van der Waals surface area contributed by atoms with Crippen molar-refractivity contribution in [1.82, 2.24) is 4.98 Å². The van der Waals surface area contributed by atoms with E-state index in [0.717, 1.165) is 35.0 Å². The molecule has 2 aliphatic rings. The van der Waals surface area contributed by atoms with E-state index in [1.807, 2.05) is 23.6 Å². The average Bonchev–Trinajstić information content (AvgIpc) is 3.70. The summed E-state index contributed by atoms with van der Waals surface area (Å²) in [5.41, 5.74) is 12.4. The van der Waals surface area contributed by atoms with Gasteiger partial charge in [-0.3, -0.25) is 0 Å². The van der Waals surface area contributed by atoms with Gasteiger partial charge in [0.2, 0.25) is 0 Å². The summed E-state index contributed by atoms with van der Waals surface area (Å²) in [5.74, 6) is 0.956.